The fraction of sp³-hybridized carbons (Fsp3) is 0.615. The number of aromatic nitrogens is 1. The van der Waals surface area contributed by atoms with Gasteiger partial charge in [0.05, 0.1) is 17.6 Å². The first-order chi connectivity index (χ1) is 8.91. The molecule has 0 bridgehead atoms. The standard InChI is InChI=1S/C13H18F3N3/c1-2-9-4-3-5-19(8-9)11-6-12(13(14,15)16)18-7-10(11)17/h6-7,9H,2-5,8,17H2,1H3. The molecule has 0 aliphatic carbocycles. The second kappa shape index (κ2) is 5.27. The summed E-state index contributed by atoms with van der Waals surface area (Å²) in [5.74, 6) is 0.524. The van der Waals surface area contributed by atoms with E-state index < -0.39 is 11.9 Å². The van der Waals surface area contributed by atoms with Gasteiger partial charge in [-0.25, -0.2) is 4.98 Å². The predicted octanol–water partition coefficient (Wildman–Crippen LogP) is 3.31. The first-order valence-corrected chi connectivity index (χ1v) is 6.49. The van der Waals surface area contributed by atoms with Crippen molar-refractivity contribution in [2.45, 2.75) is 32.4 Å². The molecule has 1 aliphatic rings. The lowest BCUT2D eigenvalue weighted by Gasteiger charge is -2.34. The van der Waals surface area contributed by atoms with Crippen LogP contribution in [0.2, 0.25) is 0 Å². The Labute approximate surface area is 110 Å². The molecule has 19 heavy (non-hydrogen) atoms. The number of nitrogen functional groups attached to an aromatic ring is 1. The molecule has 0 aromatic carbocycles. The molecule has 1 unspecified atom stereocenters. The minimum absolute atomic E-state index is 0.310. The van der Waals surface area contributed by atoms with Gasteiger partial charge in [0.25, 0.3) is 0 Å². The lowest BCUT2D eigenvalue weighted by Crippen LogP contribution is -2.35. The summed E-state index contributed by atoms with van der Waals surface area (Å²) in [5.41, 5.74) is 5.67. The molecule has 0 spiro atoms. The third-order valence-electron chi connectivity index (χ3n) is 3.64. The normalized spacial score (nSPS) is 20.6. The number of alkyl halides is 3. The molecule has 0 radical (unpaired) electrons. The SMILES string of the molecule is CCC1CCCN(c2cc(C(F)(F)F)ncc2N)C1. The highest BCUT2D eigenvalue weighted by molar-refractivity contribution is 5.67. The zero-order chi connectivity index (χ0) is 14.0. The van der Waals surface area contributed by atoms with E-state index in [0.29, 0.717) is 17.3 Å². The van der Waals surface area contributed by atoms with Gasteiger partial charge in [0.1, 0.15) is 5.69 Å². The number of piperidine rings is 1. The smallest absolute Gasteiger partial charge is 0.396 e. The van der Waals surface area contributed by atoms with Crippen LogP contribution in [-0.4, -0.2) is 18.1 Å². The maximum absolute atomic E-state index is 12.7. The van der Waals surface area contributed by atoms with Crippen LogP contribution in [0.5, 0.6) is 0 Å². The molecule has 3 nitrogen and oxygen atoms in total. The molecule has 1 aromatic rings. The molecule has 106 valence electrons. The van der Waals surface area contributed by atoms with Gasteiger partial charge in [-0.1, -0.05) is 13.3 Å². The number of pyridine rings is 1. The Bertz CT molecular complexity index is 445. The Morgan fingerprint density at radius 3 is 2.84 bits per heavy atom. The third kappa shape index (κ3) is 3.11. The number of nitrogens with zero attached hydrogens (tertiary/aromatic N) is 2. The van der Waals surface area contributed by atoms with E-state index in [4.69, 9.17) is 5.73 Å². The predicted molar refractivity (Wildman–Crippen MR) is 68.9 cm³/mol. The molecule has 2 N–H and O–H groups in total. The molecule has 2 rings (SSSR count). The van der Waals surface area contributed by atoms with Gasteiger partial charge < -0.3 is 10.6 Å². The Morgan fingerprint density at radius 1 is 1.47 bits per heavy atom. The number of halogens is 3. The van der Waals surface area contributed by atoms with Crippen LogP contribution in [-0.2, 0) is 6.18 Å². The third-order valence-corrected chi connectivity index (χ3v) is 3.64. The summed E-state index contributed by atoms with van der Waals surface area (Å²) in [5, 5.41) is 0. The van der Waals surface area contributed by atoms with Crippen LogP contribution in [0, 0.1) is 5.92 Å². The second-order valence-electron chi connectivity index (χ2n) is 4.99. The van der Waals surface area contributed by atoms with Crippen molar-refractivity contribution in [2.75, 3.05) is 23.7 Å². The lowest BCUT2D eigenvalue weighted by atomic mass is 9.95. The number of anilines is 2. The molecule has 0 amide bonds. The van der Waals surface area contributed by atoms with E-state index in [1.807, 2.05) is 4.90 Å². The summed E-state index contributed by atoms with van der Waals surface area (Å²) in [7, 11) is 0. The van der Waals surface area contributed by atoms with Crippen molar-refractivity contribution in [3.63, 3.8) is 0 Å². The Balaban J connectivity index is 2.28. The highest BCUT2D eigenvalue weighted by atomic mass is 19.4. The molecule has 2 heterocycles. The molecule has 1 saturated heterocycles. The van der Waals surface area contributed by atoms with Gasteiger partial charge in [-0.3, -0.25) is 0 Å². The van der Waals surface area contributed by atoms with E-state index in [1.165, 1.54) is 0 Å². The van der Waals surface area contributed by atoms with E-state index in [2.05, 4.69) is 11.9 Å². The van der Waals surface area contributed by atoms with E-state index in [1.54, 1.807) is 0 Å². The van der Waals surface area contributed by atoms with E-state index >= 15 is 0 Å². The zero-order valence-electron chi connectivity index (χ0n) is 10.9. The van der Waals surface area contributed by atoms with Gasteiger partial charge in [0.15, 0.2) is 0 Å². The van der Waals surface area contributed by atoms with Crippen molar-refractivity contribution in [2.24, 2.45) is 5.92 Å². The Morgan fingerprint density at radius 2 is 2.21 bits per heavy atom. The van der Waals surface area contributed by atoms with Crippen molar-refractivity contribution in [1.82, 2.24) is 4.98 Å². The van der Waals surface area contributed by atoms with Crippen LogP contribution in [0.15, 0.2) is 12.3 Å². The van der Waals surface area contributed by atoms with Crippen molar-refractivity contribution in [3.8, 4) is 0 Å². The zero-order valence-corrected chi connectivity index (χ0v) is 10.9. The second-order valence-corrected chi connectivity index (χ2v) is 4.99. The Kier molecular flexibility index (Phi) is 3.87. The molecule has 1 aliphatic heterocycles. The molecular weight excluding hydrogens is 255 g/mol. The fourth-order valence-electron chi connectivity index (χ4n) is 2.50. The molecule has 1 aromatic heterocycles. The Hall–Kier alpha value is -1.46. The minimum Gasteiger partial charge on any atom is -0.396 e. The van der Waals surface area contributed by atoms with Crippen LogP contribution in [0.4, 0.5) is 24.5 Å². The molecular formula is C13H18F3N3. The summed E-state index contributed by atoms with van der Waals surface area (Å²) in [6, 6.07) is 1.06. The monoisotopic (exact) mass is 273 g/mol. The number of hydrogen-bond acceptors (Lipinski definition) is 3. The van der Waals surface area contributed by atoms with Crippen LogP contribution >= 0.6 is 0 Å². The number of rotatable bonds is 2. The first-order valence-electron chi connectivity index (χ1n) is 6.49. The number of hydrogen-bond donors (Lipinski definition) is 1. The van der Waals surface area contributed by atoms with Gasteiger partial charge >= 0.3 is 6.18 Å². The largest absolute Gasteiger partial charge is 0.433 e. The highest BCUT2D eigenvalue weighted by Crippen LogP contribution is 2.34. The van der Waals surface area contributed by atoms with Crippen LogP contribution in [0.25, 0.3) is 0 Å². The average Bonchev–Trinajstić information content (AvgIpc) is 2.38. The van der Waals surface area contributed by atoms with Crippen molar-refractivity contribution in [1.29, 1.82) is 0 Å². The highest BCUT2D eigenvalue weighted by Gasteiger charge is 2.33. The van der Waals surface area contributed by atoms with Crippen LogP contribution in [0.1, 0.15) is 31.9 Å². The fourth-order valence-corrected chi connectivity index (χ4v) is 2.50. The van der Waals surface area contributed by atoms with Crippen molar-refractivity contribution < 1.29 is 13.2 Å². The summed E-state index contributed by atoms with van der Waals surface area (Å²) in [6.07, 6.45) is -0.171. The number of nitrogens with two attached hydrogens (primary N) is 1. The van der Waals surface area contributed by atoms with E-state index in [-0.39, 0.29) is 0 Å². The van der Waals surface area contributed by atoms with Gasteiger partial charge in [0, 0.05) is 13.1 Å². The molecule has 6 heteroatoms. The molecule has 0 saturated carbocycles. The molecule has 1 fully saturated rings. The summed E-state index contributed by atoms with van der Waals surface area (Å²) < 4.78 is 38.1. The van der Waals surface area contributed by atoms with Crippen molar-refractivity contribution >= 4 is 11.4 Å². The van der Waals surface area contributed by atoms with Crippen LogP contribution in [0.3, 0.4) is 0 Å². The summed E-state index contributed by atoms with van der Waals surface area (Å²) >= 11 is 0. The van der Waals surface area contributed by atoms with Gasteiger partial charge in [0.2, 0.25) is 0 Å². The minimum atomic E-state index is -4.43. The topological polar surface area (TPSA) is 42.2 Å². The average molecular weight is 273 g/mol. The van der Waals surface area contributed by atoms with Gasteiger partial charge in [-0.2, -0.15) is 13.2 Å². The van der Waals surface area contributed by atoms with Crippen LogP contribution < -0.4 is 10.6 Å². The maximum atomic E-state index is 12.7. The van der Waals surface area contributed by atoms with E-state index in [0.717, 1.165) is 44.6 Å². The van der Waals surface area contributed by atoms with Crippen molar-refractivity contribution in [3.05, 3.63) is 18.0 Å². The lowest BCUT2D eigenvalue weighted by molar-refractivity contribution is -0.141. The van der Waals surface area contributed by atoms with Gasteiger partial charge in [-0.15, -0.1) is 0 Å². The summed E-state index contributed by atoms with van der Waals surface area (Å²) in [4.78, 5) is 5.32. The van der Waals surface area contributed by atoms with Gasteiger partial charge in [-0.05, 0) is 24.8 Å². The molecule has 1 atom stereocenters. The quantitative estimate of drug-likeness (QED) is 0.899. The maximum Gasteiger partial charge on any atom is 0.433 e. The first kappa shape index (κ1) is 14.0. The summed E-state index contributed by atoms with van der Waals surface area (Å²) in [6.45, 7) is 3.62. The van der Waals surface area contributed by atoms with E-state index in [9.17, 15) is 13.2 Å².